The van der Waals surface area contributed by atoms with E-state index in [1.54, 1.807) is 0 Å². The Morgan fingerprint density at radius 1 is 1.32 bits per heavy atom. The molecule has 1 aliphatic heterocycles. The molecule has 9 heteroatoms. The molecule has 0 saturated carbocycles. The van der Waals surface area contributed by atoms with Crippen LogP contribution in [0.5, 0.6) is 0 Å². The third-order valence-electron chi connectivity index (χ3n) is 4.03. The number of H-pyrrole nitrogens is 1. The largest absolute Gasteiger partial charge is 0.491 e. The van der Waals surface area contributed by atoms with Gasteiger partial charge in [-0.1, -0.05) is 6.08 Å². The molecule has 0 aliphatic carbocycles. The predicted molar refractivity (Wildman–Crippen MR) is 81.5 cm³/mol. The number of nitrogens with one attached hydrogen (secondary N) is 1. The van der Waals surface area contributed by atoms with Crippen molar-refractivity contribution < 1.29 is 22.5 Å². The van der Waals surface area contributed by atoms with Crippen molar-refractivity contribution in [1.82, 2.24) is 10.2 Å². The highest BCUT2D eigenvalue weighted by molar-refractivity contribution is 7.80. The number of aromatic amines is 1. The van der Waals surface area contributed by atoms with E-state index in [4.69, 9.17) is 9.31 Å². The van der Waals surface area contributed by atoms with Crippen LogP contribution in [0, 0.1) is 0 Å². The highest BCUT2D eigenvalue weighted by Crippen LogP contribution is 2.39. The zero-order chi connectivity index (χ0) is 16.8. The molecule has 1 aromatic rings. The Balaban J connectivity index is 2.33. The lowest BCUT2D eigenvalue weighted by molar-refractivity contribution is -0.141. The van der Waals surface area contributed by atoms with Gasteiger partial charge in [0.15, 0.2) is 0 Å². The van der Waals surface area contributed by atoms with Gasteiger partial charge in [-0.2, -0.15) is 30.9 Å². The second kappa shape index (κ2) is 5.61. The van der Waals surface area contributed by atoms with E-state index >= 15 is 0 Å². The van der Waals surface area contributed by atoms with Crippen molar-refractivity contribution >= 4 is 25.8 Å². The van der Waals surface area contributed by atoms with E-state index in [9.17, 15) is 13.2 Å². The van der Waals surface area contributed by atoms with Gasteiger partial charge >= 0.3 is 13.3 Å². The van der Waals surface area contributed by atoms with E-state index in [1.807, 2.05) is 32.8 Å². The van der Waals surface area contributed by atoms with Gasteiger partial charge in [0.25, 0.3) is 0 Å². The summed E-state index contributed by atoms with van der Waals surface area (Å²) in [5, 5.41) is 5.44. The average molecular weight is 334 g/mol. The summed E-state index contributed by atoms with van der Waals surface area (Å²) in [4.78, 5) is 0. The SMILES string of the molecule is CC1(C)OB(C(=Cc2cn[nH]c2C(F)(F)F)CS)OC1(C)C. The zero-order valence-electron chi connectivity index (χ0n) is 12.8. The molecular weight excluding hydrogens is 316 g/mol. The van der Waals surface area contributed by atoms with E-state index in [0.717, 1.165) is 6.20 Å². The Bertz CT molecular complexity index is 568. The standard InChI is InChI=1S/C13H18BF3N2O2S/c1-11(2)12(3,4)21-14(20-11)9(7-22)5-8-6-18-19-10(8)13(15,16)17/h5-6,22H,7H2,1-4H3,(H,18,19). The van der Waals surface area contributed by atoms with Crippen LogP contribution < -0.4 is 0 Å². The van der Waals surface area contributed by atoms with Gasteiger partial charge < -0.3 is 9.31 Å². The third-order valence-corrected chi connectivity index (χ3v) is 4.40. The molecule has 1 aromatic heterocycles. The number of alkyl halides is 3. The maximum Gasteiger partial charge on any atom is 0.491 e. The number of hydrogen-bond donors (Lipinski definition) is 2. The molecule has 2 rings (SSSR count). The Hall–Kier alpha value is -0.925. The third kappa shape index (κ3) is 3.21. The van der Waals surface area contributed by atoms with Gasteiger partial charge in [0.2, 0.25) is 0 Å². The average Bonchev–Trinajstić information content (AvgIpc) is 2.89. The quantitative estimate of drug-likeness (QED) is 0.658. The summed E-state index contributed by atoms with van der Waals surface area (Å²) in [6, 6.07) is 0. The lowest BCUT2D eigenvalue weighted by atomic mass is 9.78. The summed E-state index contributed by atoms with van der Waals surface area (Å²) in [5.74, 6) is 0.208. The van der Waals surface area contributed by atoms with Gasteiger partial charge in [-0.25, -0.2) is 0 Å². The van der Waals surface area contributed by atoms with Gasteiger partial charge in [-0.05, 0) is 33.2 Å². The van der Waals surface area contributed by atoms with Crippen LogP contribution in [0.3, 0.4) is 0 Å². The van der Waals surface area contributed by atoms with Crippen molar-refractivity contribution in [2.75, 3.05) is 5.75 Å². The van der Waals surface area contributed by atoms with Gasteiger partial charge in [0.05, 0.1) is 17.4 Å². The second-order valence-corrected chi connectivity index (χ2v) is 6.48. The van der Waals surface area contributed by atoms with Crippen LogP contribution in [0.15, 0.2) is 11.7 Å². The lowest BCUT2D eigenvalue weighted by Crippen LogP contribution is -2.41. The number of halogens is 3. The van der Waals surface area contributed by atoms with Crippen LogP contribution in [0.2, 0.25) is 0 Å². The molecule has 1 saturated heterocycles. The number of aromatic nitrogens is 2. The van der Waals surface area contributed by atoms with Gasteiger partial charge in [0.1, 0.15) is 5.69 Å². The smallest absolute Gasteiger partial charge is 0.400 e. The number of thiol groups is 1. The minimum Gasteiger partial charge on any atom is -0.400 e. The molecular formula is C13H18BF3N2O2S. The summed E-state index contributed by atoms with van der Waals surface area (Å²) >= 11 is 4.18. The van der Waals surface area contributed by atoms with Gasteiger partial charge in [-0.15, -0.1) is 0 Å². The fraction of sp³-hybridized carbons (Fsp3) is 0.615. The number of hydrogen-bond acceptors (Lipinski definition) is 4. The predicted octanol–water partition coefficient (Wildman–Crippen LogP) is 3.37. The molecule has 4 nitrogen and oxygen atoms in total. The lowest BCUT2D eigenvalue weighted by Gasteiger charge is -2.32. The minimum atomic E-state index is -4.50. The molecule has 122 valence electrons. The maximum atomic E-state index is 12.9. The van der Waals surface area contributed by atoms with Crippen molar-refractivity contribution in [2.45, 2.75) is 45.1 Å². The van der Waals surface area contributed by atoms with Crippen molar-refractivity contribution in [3.63, 3.8) is 0 Å². The highest BCUT2D eigenvalue weighted by atomic mass is 32.1. The van der Waals surface area contributed by atoms with Crippen LogP contribution in [0.1, 0.15) is 39.0 Å². The Morgan fingerprint density at radius 3 is 2.32 bits per heavy atom. The number of nitrogens with zero attached hydrogens (tertiary/aromatic N) is 1. The van der Waals surface area contributed by atoms with Crippen LogP contribution in [-0.2, 0) is 15.5 Å². The first-order chi connectivity index (χ1) is 9.98. The molecule has 22 heavy (non-hydrogen) atoms. The normalized spacial score (nSPS) is 21.5. The fourth-order valence-electron chi connectivity index (χ4n) is 2.01. The first kappa shape index (κ1) is 17.4. The van der Waals surface area contributed by atoms with Crippen LogP contribution in [0.25, 0.3) is 6.08 Å². The molecule has 1 fully saturated rings. The Morgan fingerprint density at radius 2 is 1.86 bits per heavy atom. The van der Waals surface area contributed by atoms with Gasteiger partial charge in [-0.3, -0.25) is 5.10 Å². The first-order valence-electron chi connectivity index (χ1n) is 6.75. The van der Waals surface area contributed by atoms with Crippen LogP contribution in [-0.4, -0.2) is 34.3 Å². The van der Waals surface area contributed by atoms with Crippen LogP contribution >= 0.6 is 12.6 Å². The maximum absolute atomic E-state index is 12.9. The molecule has 0 spiro atoms. The molecule has 1 aliphatic rings. The van der Waals surface area contributed by atoms with E-state index in [2.05, 4.69) is 17.7 Å². The monoisotopic (exact) mass is 334 g/mol. The molecule has 2 heterocycles. The van der Waals surface area contributed by atoms with Crippen LogP contribution in [0.4, 0.5) is 13.2 Å². The molecule has 0 radical (unpaired) electrons. The Labute approximate surface area is 133 Å². The highest BCUT2D eigenvalue weighted by Gasteiger charge is 2.52. The summed E-state index contributed by atoms with van der Waals surface area (Å²) in [7, 11) is -0.738. The van der Waals surface area contributed by atoms with Crippen molar-refractivity contribution in [3.8, 4) is 0 Å². The summed E-state index contributed by atoms with van der Waals surface area (Å²) in [6.45, 7) is 7.51. The van der Waals surface area contributed by atoms with Crippen molar-refractivity contribution in [2.24, 2.45) is 0 Å². The molecule has 0 aromatic carbocycles. The summed E-state index contributed by atoms with van der Waals surface area (Å²) in [6.07, 6.45) is -2.01. The fourth-order valence-corrected chi connectivity index (χ4v) is 2.25. The van der Waals surface area contributed by atoms with E-state index in [1.165, 1.54) is 6.08 Å². The first-order valence-corrected chi connectivity index (χ1v) is 7.39. The minimum absolute atomic E-state index is 0.0636. The zero-order valence-corrected chi connectivity index (χ0v) is 13.7. The summed E-state index contributed by atoms with van der Waals surface area (Å²) in [5.41, 5.74) is -1.59. The van der Waals surface area contributed by atoms with E-state index in [0.29, 0.717) is 5.47 Å². The topological polar surface area (TPSA) is 47.1 Å². The Kier molecular flexibility index (Phi) is 4.45. The van der Waals surface area contributed by atoms with E-state index in [-0.39, 0.29) is 11.3 Å². The molecule has 1 N–H and O–H groups in total. The van der Waals surface area contributed by atoms with E-state index < -0.39 is 30.2 Å². The molecule has 0 atom stereocenters. The van der Waals surface area contributed by atoms with Crippen molar-refractivity contribution in [1.29, 1.82) is 0 Å². The second-order valence-electron chi connectivity index (χ2n) is 6.16. The van der Waals surface area contributed by atoms with Crippen molar-refractivity contribution in [3.05, 3.63) is 22.9 Å². The molecule has 0 unspecified atom stereocenters. The molecule has 0 bridgehead atoms. The number of rotatable bonds is 3. The summed E-state index contributed by atoms with van der Waals surface area (Å²) < 4.78 is 50.3. The van der Waals surface area contributed by atoms with Gasteiger partial charge in [0, 0.05) is 11.3 Å². The molecule has 0 amide bonds.